The lowest BCUT2D eigenvalue weighted by atomic mass is 10.3. The second-order valence-electron chi connectivity index (χ2n) is 3.83. The Bertz CT molecular complexity index is 510. The third-order valence-corrected chi connectivity index (χ3v) is 3.45. The zero-order valence-corrected chi connectivity index (χ0v) is 11.0. The van der Waals surface area contributed by atoms with Gasteiger partial charge < -0.3 is 9.88 Å². The molecule has 0 saturated heterocycles. The first-order valence-corrected chi connectivity index (χ1v) is 6.69. The van der Waals surface area contributed by atoms with Crippen molar-refractivity contribution in [3.8, 4) is 0 Å². The van der Waals surface area contributed by atoms with Crippen LogP contribution >= 0.6 is 11.8 Å². The molecule has 1 N–H and O–H groups in total. The molecule has 5 heteroatoms. The summed E-state index contributed by atoms with van der Waals surface area (Å²) in [4.78, 5) is 15.9. The highest BCUT2D eigenvalue weighted by Gasteiger charge is 2.04. The fourth-order valence-corrected chi connectivity index (χ4v) is 2.34. The van der Waals surface area contributed by atoms with Crippen LogP contribution in [0.2, 0.25) is 0 Å². The summed E-state index contributed by atoms with van der Waals surface area (Å²) in [6, 6.07) is 9.48. The number of imidazole rings is 1. The van der Waals surface area contributed by atoms with Crippen molar-refractivity contribution in [3.63, 3.8) is 0 Å². The molecular formula is C13H15N3OS. The number of carbonyl (C=O) groups is 1. The Kier molecular flexibility index (Phi) is 4.41. The summed E-state index contributed by atoms with van der Waals surface area (Å²) in [6.45, 7) is 0. The van der Waals surface area contributed by atoms with Crippen molar-refractivity contribution in [2.24, 2.45) is 7.05 Å². The van der Waals surface area contributed by atoms with Crippen LogP contribution in [-0.2, 0) is 11.8 Å². The Balaban J connectivity index is 1.74. The summed E-state index contributed by atoms with van der Waals surface area (Å²) in [5.41, 5.74) is 0.837. The largest absolute Gasteiger partial charge is 0.329 e. The molecule has 0 aliphatic heterocycles. The van der Waals surface area contributed by atoms with E-state index in [1.165, 1.54) is 0 Å². The number of thioether (sulfide) groups is 1. The minimum atomic E-state index is 0.0305. The minimum Gasteiger partial charge on any atom is -0.329 e. The van der Waals surface area contributed by atoms with E-state index in [1.807, 2.05) is 48.1 Å². The van der Waals surface area contributed by atoms with Gasteiger partial charge in [-0.25, -0.2) is 4.98 Å². The number of para-hydroxylation sites is 1. The van der Waals surface area contributed by atoms with Gasteiger partial charge in [-0.15, -0.1) is 0 Å². The number of amides is 1. The molecule has 0 unspecified atom stereocenters. The van der Waals surface area contributed by atoms with Crippen LogP contribution < -0.4 is 5.32 Å². The number of nitrogens with zero attached hydrogens (tertiary/aromatic N) is 2. The molecule has 1 aromatic heterocycles. The van der Waals surface area contributed by atoms with Crippen molar-refractivity contribution >= 4 is 23.4 Å². The quantitative estimate of drug-likeness (QED) is 0.841. The highest BCUT2D eigenvalue weighted by molar-refractivity contribution is 7.99. The number of aromatic nitrogens is 2. The van der Waals surface area contributed by atoms with Gasteiger partial charge in [-0.1, -0.05) is 30.0 Å². The molecule has 0 saturated carbocycles. The molecule has 1 aromatic carbocycles. The van der Waals surface area contributed by atoms with E-state index in [-0.39, 0.29) is 5.91 Å². The van der Waals surface area contributed by atoms with Crippen LogP contribution in [0, 0.1) is 0 Å². The lowest BCUT2D eigenvalue weighted by Crippen LogP contribution is -2.12. The van der Waals surface area contributed by atoms with E-state index in [2.05, 4.69) is 10.3 Å². The van der Waals surface area contributed by atoms with Crippen molar-refractivity contribution in [1.29, 1.82) is 0 Å². The molecule has 1 amide bonds. The number of hydrogen-bond acceptors (Lipinski definition) is 3. The van der Waals surface area contributed by atoms with Crippen LogP contribution in [0.1, 0.15) is 6.42 Å². The average molecular weight is 261 g/mol. The van der Waals surface area contributed by atoms with E-state index >= 15 is 0 Å². The average Bonchev–Trinajstić information content (AvgIpc) is 2.76. The molecule has 0 spiro atoms. The molecule has 0 atom stereocenters. The zero-order valence-electron chi connectivity index (χ0n) is 10.2. The molecule has 1 heterocycles. The van der Waals surface area contributed by atoms with E-state index < -0.39 is 0 Å². The molecule has 2 aromatic rings. The van der Waals surface area contributed by atoms with Gasteiger partial charge in [0.05, 0.1) is 0 Å². The van der Waals surface area contributed by atoms with Crippen LogP contribution in [0.3, 0.4) is 0 Å². The number of nitrogens with one attached hydrogen (secondary N) is 1. The van der Waals surface area contributed by atoms with E-state index in [0.717, 1.165) is 16.6 Å². The summed E-state index contributed by atoms with van der Waals surface area (Å²) < 4.78 is 1.94. The molecule has 0 bridgehead atoms. The standard InChI is InChI=1S/C13H15N3OS/c1-16-9-8-14-13(16)18-10-7-12(17)15-11-5-3-2-4-6-11/h2-6,8-9H,7,10H2,1H3,(H,15,17). The maximum absolute atomic E-state index is 11.7. The van der Waals surface area contributed by atoms with Gasteiger partial charge in [-0.05, 0) is 12.1 Å². The van der Waals surface area contributed by atoms with Gasteiger partial charge in [-0.3, -0.25) is 4.79 Å². The summed E-state index contributed by atoms with van der Waals surface area (Å²) >= 11 is 1.58. The first-order valence-electron chi connectivity index (χ1n) is 5.71. The zero-order chi connectivity index (χ0) is 12.8. The van der Waals surface area contributed by atoms with Crippen molar-refractivity contribution in [2.75, 3.05) is 11.1 Å². The van der Waals surface area contributed by atoms with Crippen molar-refractivity contribution < 1.29 is 4.79 Å². The van der Waals surface area contributed by atoms with Crippen LogP contribution in [0.5, 0.6) is 0 Å². The predicted octanol–water partition coefficient (Wildman–Crippen LogP) is 2.54. The second kappa shape index (κ2) is 6.26. The second-order valence-corrected chi connectivity index (χ2v) is 4.90. The van der Waals surface area contributed by atoms with Gasteiger partial charge in [0, 0.05) is 37.3 Å². The summed E-state index contributed by atoms with van der Waals surface area (Å²) in [6.07, 6.45) is 4.13. The lowest BCUT2D eigenvalue weighted by molar-refractivity contribution is -0.115. The maximum Gasteiger partial charge on any atom is 0.225 e. The van der Waals surface area contributed by atoms with Gasteiger partial charge in [0.1, 0.15) is 0 Å². The molecule has 0 aliphatic rings. The summed E-state index contributed by atoms with van der Waals surface area (Å²) in [7, 11) is 1.94. The lowest BCUT2D eigenvalue weighted by Gasteiger charge is -2.04. The number of benzene rings is 1. The first kappa shape index (κ1) is 12.7. The molecule has 0 fully saturated rings. The molecule has 0 radical (unpaired) electrons. The Morgan fingerprint density at radius 1 is 1.39 bits per heavy atom. The van der Waals surface area contributed by atoms with Crippen molar-refractivity contribution in [2.45, 2.75) is 11.6 Å². The van der Waals surface area contributed by atoms with Crippen LogP contribution in [0.25, 0.3) is 0 Å². The summed E-state index contributed by atoms with van der Waals surface area (Å²) in [5.74, 6) is 0.756. The van der Waals surface area contributed by atoms with Crippen molar-refractivity contribution in [1.82, 2.24) is 9.55 Å². The summed E-state index contributed by atoms with van der Waals surface area (Å²) in [5, 5.41) is 3.79. The Morgan fingerprint density at radius 3 is 2.83 bits per heavy atom. The third kappa shape index (κ3) is 3.63. The normalized spacial score (nSPS) is 10.3. The molecule has 4 nitrogen and oxygen atoms in total. The number of carbonyl (C=O) groups excluding carboxylic acids is 1. The highest BCUT2D eigenvalue weighted by Crippen LogP contribution is 2.15. The van der Waals surface area contributed by atoms with Crippen LogP contribution in [0.15, 0.2) is 47.9 Å². The van der Waals surface area contributed by atoms with Gasteiger partial charge in [0.15, 0.2) is 5.16 Å². The predicted molar refractivity (Wildman–Crippen MR) is 73.6 cm³/mol. The fourth-order valence-electron chi connectivity index (χ4n) is 1.47. The van der Waals surface area contributed by atoms with Gasteiger partial charge in [-0.2, -0.15) is 0 Å². The Labute approximate surface area is 110 Å². The third-order valence-electron chi connectivity index (χ3n) is 2.39. The molecular weight excluding hydrogens is 246 g/mol. The Morgan fingerprint density at radius 2 is 2.17 bits per heavy atom. The number of aryl methyl sites for hydroxylation is 1. The monoisotopic (exact) mass is 261 g/mol. The van der Waals surface area contributed by atoms with E-state index in [1.54, 1.807) is 18.0 Å². The van der Waals surface area contributed by atoms with E-state index in [0.29, 0.717) is 6.42 Å². The molecule has 18 heavy (non-hydrogen) atoms. The van der Waals surface area contributed by atoms with Crippen molar-refractivity contribution in [3.05, 3.63) is 42.7 Å². The minimum absolute atomic E-state index is 0.0305. The first-order chi connectivity index (χ1) is 8.75. The molecule has 0 aliphatic carbocycles. The number of anilines is 1. The highest BCUT2D eigenvalue weighted by atomic mass is 32.2. The SMILES string of the molecule is Cn1ccnc1SCCC(=O)Nc1ccccc1. The Hall–Kier alpha value is -1.75. The van der Waals surface area contributed by atoms with Gasteiger partial charge >= 0.3 is 0 Å². The van der Waals surface area contributed by atoms with E-state index in [4.69, 9.17) is 0 Å². The topological polar surface area (TPSA) is 46.9 Å². The van der Waals surface area contributed by atoms with Gasteiger partial charge in [0.25, 0.3) is 0 Å². The van der Waals surface area contributed by atoms with E-state index in [9.17, 15) is 4.79 Å². The molecule has 2 rings (SSSR count). The smallest absolute Gasteiger partial charge is 0.225 e. The van der Waals surface area contributed by atoms with Crippen LogP contribution in [0.4, 0.5) is 5.69 Å². The fraction of sp³-hybridized carbons (Fsp3) is 0.231. The van der Waals surface area contributed by atoms with Gasteiger partial charge in [0.2, 0.25) is 5.91 Å². The number of rotatable bonds is 5. The van der Waals surface area contributed by atoms with Crippen LogP contribution in [-0.4, -0.2) is 21.2 Å². The molecule has 94 valence electrons. The maximum atomic E-state index is 11.7. The number of hydrogen-bond donors (Lipinski definition) is 1.